The second kappa shape index (κ2) is 8.13. The van der Waals surface area contributed by atoms with Crippen molar-refractivity contribution in [1.29, 1.82) is 0 Å². The largest absolute Gasteiger partial charge is 0.477 e. The first kappa shape index (κ1) is 21.6. The van der Waals surface area contributed by atoms with Gasteiger partial charge in [-0.25, -0.2) is 18.4 Å². The Bertz CT molecular complexity index is 1270. The summed E-state index contributed by atoms with van der Waals surface area (Å²) in [5.41, 5.74) is 0.751. The standard InChI is InChI=1S/C19H16F4N6O2.FH.H2/c1-28-8-10(17(27-28)31-19(22)23)11-9-4-2-5-24-16(9)25-13(11)12-14(15(20)21)26-29-6-3-7-30-18(12)29;;/h2,4-5,8,15,19H,3,6-7H2,1H3,(H,24,25);2*1H. The number of pyridine rings is 1. The number of aryl methyl sites for hydroxylation is 2. The van der Waals surface area contributed by atoms with Gasteiger partial charge >= 0.3 is 6.61 Å². The van der Waals surface area contributed by atoms with E-state index in [1.165, 1.54) is 21.8 Å². The molecule has 1 N–H and O–H groups in total. The molecular weight excluding hydrogens is 439 g/mol. The number of nitrogens with zero attached hydrogens (tertiary/aromatic N) is 5. The van der Waals surface area contributed by atoms with Crippen LogP contribution in [0.3, 0.4) is 0 Å². The molecule has 5 heterocycles. The van der Waals surface area contributed by atoms with Crippen molar-refractivity contribution in [3.05, 3.63) is 30.2 Å². The summed E-state index contributed by atoms with van der Waals surface area (Å²) in [5, 5.41) is 8.53. The Kier molecular flexibility index (Phi) is 5.48. The van der Waals surface area contributed by atoms with Crippen molar-refractivity contribution < 1.29 is 33.2 Å². The number of nitrogens with one attached hydrogen (secondary N) is 1. The number of ether oxygens (including phenoxy) is 2. The minimum absolute atomic E-state index is 0. The van der Waals surface area contributed by atoms with Crippen molar-refractivity contribution in [2.24, 2.45) is 7.05 Å². The molecule has 1 aliphatic heterocycles. The molecule has 0 fully saturated rings. The summed E-state index contributed by atoms with van der Waals surface area (Å²) in [6, 6.07) is 3.36. The van der Waals surface area contributed by atoms with E-state index in [9.17, 15) is 17.6 Å². The Labute approximate surface area is 178 Å². The van der Waals surface area contributed by atoms with Gasteiger partial charge < -0.3 is 14.5 Å². The van der Waals surface area contributed by atoms with Crippen LogP contribution in [0.5, 0.6) is 11.8 Å². The zero-order valence-corrected chi connectivity index (χ0v) is 16.6. The summed E-state index contributed by atoms with van der Waals surface area (Å²) < 4.78 is 66.9. The number of H-pyrrole nitrogens is 1. The van der Waals surface area contributed by atoms with Crippen molar-refractivity contribution in [3.8, 4) is 34.1 Å². The third-order valence-electron chi connectivity index (χ3n) is 4.98. The highest BCUT2D eigenvalue weighted by Gasteiger charge is 2.33. The molecule has 0 aliphatic carbocycles. The van der Waals surface area contributed by atoms with Gasteiger partial charge in [0, 0.05) is 44.8 Å². The molecule has 0 saturated heterocycles. The Morgan fingerprint density at radius 1 is 1.22 bits per heavy atom. The summed E-state index contributed by atoms with van der Waals surface area (Å²) in [7, 11) is 1.55. The van der Waals surface area contributed by atoms with E-state index >= 15 is 0 Å². The van der Waals surface area contributed by atoms with E-state index < -0.39 is 18.7 Å². The SMILES string of the molecule is Cn1cc(-c2c(-c3c(C(F)F)nn4c3OCCC4)[nH]c3ncccc23)c(OC(F)F)n1.F.[HH]. The zero-order valence-electron chi connectivity index (χ0n) is 16.6. The van der Waals surface area contributed by atoms with E-state index in [0.717, 1.165) is 0 Å². The lowest BCUT2D eigenvalue weighted by Crippen LogP contribution is -2.15. The van der Waals surface area contributed by atoms with Gasteiger partial charge in [-0.2, -0.15) is 13.9 Å². The maximum atomic E-state index is 13.9. The van der Waals surface area contributed by atoms with Gasteiger partial charge in [-0.1, -0.05) is 0 Å². The smallest absolute Gasteiger partial charge is 0.388 e. The molecule has 0 bridgehead atoms. The molecule has 4 aromatic rings. The third kappa shape index (κ3) is 3.42. The van der Waals surface area contributed by atoms with E-state index in [1.807, 2.05) is 0 Å². The average molecular weight is 458 g/mol. The first-order valence-corrected chi connectivity index (χ1v) is 9.41. The molecule has 0 spiro atoms. The van der Waals surface area contributed by atoms with Crippen molar-refractivity contribution in [2.45, 2.75) is 26.0 Å². The van der Waals surface area contributed by atoms with E-state index in [1.54, 1.807) is 19.2 Å². The molecule has 1 aliphatic rings. The summed E-state index contributed by atoms with van der Waals surface area (Å²) in [5.74, 6) is -0.140. The number of alkyl halides is 4. The fraction of sp³-hybridized carbons (Fsp3) is 0.316. The number of rotatable bonds is 5. The van der Waals surface area contributed by atoms with Gasteiger partial charge in [-0.3, -0.25) is 9.39 Å². The molecule has 0 unspecified atom stereocenters. The summed E-state index contributed by atoms with van der Waals surface area (Å²) >= 11 is 0. The van der Waals surface area contributed by atoms with Gasteiger partial charge in [0.2, 0.25) is 11.8 Å². The third-order valence-corrected chi connectivity index (χ3v) is 4.98. The van der Waals surface area contributed by atoms with Crippen LogP contribution in [0.15, 0.2) is 24.5 Å². The molecule has 0 radical (unpaired) electrons. The highest BCUT2D eigenvalue weighted by molar-refractivity contribution is 6.04. The normalized spacial score (nSPS) is 13.3. The minimum atomic E-state index is -3.11. The Morgan fingerprint density at radius 3 is 2.78 bits per heavy atom. The second-order valence-electron chi connectivity index (χ2n) is 6.97. The highest BCUT2D eigenvalue weighted by atomic mass is 19.3. The highest BCUT2D eigenvalue weighted by Crippen LogP contribution is 2.47. The van der Waals surface area contributed by atoms with Crippen LogP contribution in [0.1, 0.15) is 20.0 Å². The van der Waals surface area contributed by atoms with Crippen molar-refractivity contribution in [2.75, 3.05) is 6.61 Å². The van der Waals surface area contributed by atoms with E-state index in [2.05, 4.69) is 24.9 Å². The van der Waals surface area contributed by atoms with Crippen molar-refractivity contribution in [1.82, 2.24) is 29.5 Å². The Balaban J connectivity index is 0.00000153. The molecule has 32 heavy (non-hydrogen) atoms. The zero-order chi connectivity index (χ0) is 21.7. The van der Waals surface area contributed by atoms with Gasteiger partial charge in [0.25, 0.3) is 6.43 Å². The monoisotopic (exact) mass is 458 g/mol. The predicted octanol–water partition coefficient (Wildman–Crippen LogP) is 4.55. The van der Waals surface area contributed by atoms with E-state index in [0.29, 0.717) is 36.2 Å². The van der Waals surface area contributed by atoms with Crippen LogP contribution in [-0.2, 0) is 13.6 Å². The fourth-order valence-electron chi connectivity index (χ4n) is 3.83. The molecule has 0 amide bonds. The second-order valence-corrected chi connectivity index (χ2v) is 6.97. The quantitative estimate of drug-likeness (QED) is 0.444. The number of fused-ring (bicyclic) bond motifs is 2. The summed E-state index contributed by atoms with van der Waals surface area (Å²) in [6.45, 7) is -2.33. The van der Waals surface area contributed by atoms with Crippen LogP contribution >= 0.6 is 0 Å². The average Bonchev–Trinajstić information content (AvgIpc) is 3.39. The van der Waals surface area contributed by atoms with E-state index in [-0.39, 0.29) is 34.7 Å². The molecule has 5 rings (SSSR count). The van der Waals surface area contributed by atoms with Gasteiger partial charge in [0.05, 0.1) is 23.4 Å². The minimum Gasteiger partial charge on any atom is -0.477 e. The lowest BCUT2D eigenvalue weighted by Gasteiger charge is -2.16. The molecule has 0 aromatic carbocycles. The Hall–Kier alpha value is -3.64. The molecule has 4 aromatic heterocycles. The maximum Gasteiger partial charge on any atom is 0.388 e. The van der Waals surface area contributed by atoms with Crippen LogP contribution < -0.4 is 9.47 Å². The fourth-order valence-corrected chi connectivity index (χ4v) is 3.83. The van der Waals surface area contributed by atoms with Gasteiger partial charge in [0.15, 0.2) is 0 Å². The molecule has 8 nitrogen and oxygen atoms in total. The number of aromatic nitrogens is 6. The topological polar surface area (TPSA) is 82.8 Å². The predicted molar refractivity (Wildman–Crippen MR) is 106 cm³/mol. The first-order chi connectivity index (χ1) is 14.9. The molecular formula is C19H19F5N6O2. The van der Waals surface area contributed by atoms with Crippen LogP contribution in [0, 0.1) is 0 Å². The van der Waals surface area contributed by atoms with Crippen LogP contribution in [0.4, 0.5) is 22.3 Å². The Morgan fingerprint density at radius 2 is 2.03 bits per heavy atom. The molecule has 13 heteroatoms. The van der Waals surface area contributed by atoms with Crippen molar-refractivity contribution >= 4 is 11.0 Å². The number of hydrogen-bond donors (Lipinski definition) is 1. The lowest BCUT2D eigenvalue weighted by molar-refractivity contribution is -0.0527. The summed E-state index contributed by atoms with van der Waals surface area (Å²) in [6.07, 6.45) is 0.766. The summed E-state index contributed by atoms with van der Waals surface area (Å²) in [4.78, 5) is 7.30. The van der Waals surface area contributed by atoms with Gasteiger partial charge in [-0.15, -0.1) is 5.10 Å². The molecule has 172 valence electrons. The van der Waals surface area contributed by atoms with Gasteiger partial charge in [0.1, 0.15) is 11.3 Å². The van der Waals surface area contributed by atoms with Gasteiger partial charge in [-0.05, 0) is 12.1 Å². The van der Waals surface area contributed by atoms with E-state index in [4.69, 9.17) is 4.74 Å². The number of halogens is 5. The van der Waals surface area contributed by atoms with Crippen molar-refractivity contribution in [3.63, 3.8) is 0 Å². The number of aromatic amines is 1. The van der Waals surface area contributed by atoms with Crippen LogP contribution in [0.25, 0.3) is 33.4 Å². The maximum absolute atomic E-state index is 13.9. The van der Waals surface area contributed by atoms with Crippen LogP contribution in [0.2, 0.25) is 0 Å². The van der Waals surface area contributed by atoms with Crippen LogP contribution in [-0.4, -0.2) is 42.7 Å². The molecule has 0 saturated carbocycles. The lowest BCUT2D eigenvalue weighted by atomic mass is 10.0. The molecule has 0 atom stereocenters. The number of hydrogen-bond acceptors (Lipinski definition) is 5. The first-order valence-electron chi connectivity index (χ1n) is 9.41.